The zero-order valence-corrected chi connectivity index (χ0v) is 10.1. The van der Waals surface area contributed by atoms with Gasteiger partial charge in [-0.3, -0.25) is 4.98 Å². The van der Waals surface area contributed by atoms with Crippen molar-refractivity contribution in [1.82, 2.24) is 4.98 Å². The predicted octanol–water partition coefficient (Wildman–Crippen LogP) is 3.37. The fourth-order valence-electron chi connectivity index (χ4n) is 1.95. The lowest BCUT2D eigenvalue weighted by atomic mass is 10.1. The molecule has 0 N–H and O–H groups in total. The van der Waals surface area contributed by atoms with Gasteiger partial charge >= 0.3 is 0 Å². The smallest absolute Gasteiger partial charge is 0.119 e. The normalized spacial score (nSPS) is 10.7. The van der Waals surface area contributed by atoms with Gasteiger partial charge in [-0.25, -0.2) is 0 Å². The number of aryl methyl sites for hydroxylation is 2. The summed E-state index contributed by atoms with van der Waals surface area (Å²) < 4.78 is 5.25. The molecule has 1 aromatic heterocycles. The third kappa shape index (κ3) is 1.87. The Morgan fingerprint density at radius 3 is 2.56 bits per heavy atom. The molecule has 0 unspecified atom stereocenters. The van der Waals surface area contributed by atoms with E-state index in [0.29, 0.717) is 0 Å². The van der Waals surface area contributed by atoms with Gasteiger partial charge in [-0.2, -0.15) is 0 Å². The van der Waals surface area contributed by atoms with E-state index >= 15 is 0 Å². The molecule has 0 aliphatic carbocycles. The number of rotatable bonds is 3. The van der Waals surface area contributed by atoms with Crippen molar-refractivity contribution in [2.45, 2.75) is 26.7 Å². The van der Waals surface area contributed by atoms with Crippen molar-refractivity contribution in [1.29, 1.82) is 0 Å². The van der Waals surface area contributed by atoms with Crippen LogP contribution >= 0.6 is 0 Å². The highest BCUT2D eigenvalue weighted by Crippen LogP contribution is 2.24. The van der Waals surface area contributed by atoms with Crippen molar-refractivity contribution in [2.24, 2.45) is 0 Å². The largest absolute Gasteiger partial charge is 0.497 e. The molecule has 0 saturated carbocycles. The van der Waals surface area contributed by atoms with Crippen LogP contribution in [0.25, 0.3) is 10.8 Å². The summed E-state index contributed by atoms with van der Waals surface area (Å²) in [6.45, 7) is 4.28. The minimum Gasteiger partial charge on any atom is -0.497 e. The standard InChI is InChI=1S/C14H17NO/c1-4-11-8-10-9-12(16-3)6-7-13(10)14(5-2)15-11/h6-9H,4-5H2,1-3H3. The molecule has 2 aromatic rings. The number of hydrogen-bond acceptors (Lipinski definition) is 2. The monoisotopic (exact) mass is 215 g/mol. The van der Waals surface area contributed by atoms with Crippen molar-refractivity contribution in [2.75, 3.05) is 7.11 Å². The van der Waals surface area contributed by atoms with E-state index in [1.807, 2.05) is 6.07 Å². The summed E-state index contributed by atoms with van der Waals surface area (Å²) in [5.74, 6) is 0.905. The van der Waals surface area contributed by atoms with Crippen molar-refractivity contribution in [3.05, 3.63) is 35.7 Å². The molecule has 2 rings (SSSR count). The van der Waals surface area contributed by atoms with Crippen LogP contribution in [-0.2, 0) is 12.8 Å². The molecule has 84 valence electrons. The zero-order valence-electron chi connectivity index (χ0n) is 10.1. The second-order valence-corrected chi connectivity index (χ2v) is 3.85. The molecule has 0 fully saturated rings. The van der Waals surface area contributed by atoms with Gasteiger partial charge in [0.1, 0.15) is 5.75 Å². The van der Waals surface area contributed by atoms with Gasteiger partial charge in [0.2, 0.25) is 0 Å². The summed E-state index contributed by atoms with van der Waals surface area (Å²) in [5.41, 5.74) is 2.33. The van der Waals surface area contributed by atoms with Crippen LogP contribution in [0.15, 0.2) is 24.3 Å². The number of ether oxygens (including phenoxy) is 1. The Bertz CT molecular complexity index is 500. The quantitative estimate of drug-likeness (QED) is 0.783. The molecule has 0 saturated heterocycles. The minimum absolute atomic E-state index is 0.905. The van der Waals surface area contributed by atoms with E-state index in [1.54, 1.807) is 7.11 Å². The van der Waals surface area contributed by atoms with Crippen LogP contribution in [0.1, 0.15) is 25.2 Å². The predicted molar refractivity (Wildman–Crippen MR) is 67.1 cm³/mol. The summed E-state index contributed by atoms with van der Waals surface area (Å²) in [4.78, 5) is 4.65. The van der Waals surface area contributed by atoms with E-state index in [-0.39, 0.29) is 0 Å². The van der Waals surface area contributed by atoms with Gasteiger partial charge in [-0.15, -0.1) is 0 Å². The highest BCUT2D eigenvalue weighted by atomic mass is 16.5. The summed E-state index contributed by atoms with van der Waals surface area (Å²) in [7, 11) is 1.70. The minimum atomic E-state index is 0.905. The molecule has 1 aromatic carbocycles. The van der Waals surface area contributed by atoms with Gasteiger partial charge in [0.25, 0.3) is 0 Å². The number of pyridine rings is 1. The molecule has 0 spiro atoms. The van der Waals surface area contributed by atoms with Crippen LogP contribution in [0.3, 0.4) is 0 Å². The lowest BCUT2D eigenvalue weighted by Crippen LogP contribution is -1.95. The van der Waals surface area contributed by atoms with Crippen molar-refractivity contribution >= 4 is 10.8 Å². The first-order chi connectivity index (χ1) is 7.78. The van der Waals surface area contributed by atoms with Crippen LogP contribution in [-0.4, -0.2) is 12.1 Å². The van der Waals surface area contributed by atoms with Crippen LogP contribution in [0.2, 0.25) is 0 Å². The molecular weight excluding hydrogens is 198 g/mol. The highest BCUT2D eigenvalue weighted by Gasteiger charge is 2.04. The van der Waals surface area contributed by atoms with Gasteiger partial charge in [0, 0.05) is 16.8 Å². The topological polar surface area (TPSA) is 22.1 Å². The first kappa shape index (κ1) is 10.9. The maximum absolute atomic E-state index is 5.25. The first-order valence-corrected chi connectivity index (χ1v) is 5.75. The van der Waals surface area contributed by atoms with E-state index in [1.165, 1.54) is 16.5 Å². The Labute approximate surface area is 96.3 Å². The van der Waals surface area contributed by atoms with Crippen molar-refractivity contribution < 1.29 is 4.74 Å². The number of fused-ring (bicyclic) bond motifs is 1. The molecule has 0 aliphatic rings. The maximum atomic E-state index is 5.25. The van der Waals surface area contributed by atoms with Gasteiger partial charge in [-0.05, 0) is 42.5 Å². The third-order valence-electron chi connectivity index (χ3n) is 2.87. The Balaban J connectivity index is 2.68. The maximum Gasteiger partial charge on any atom is 0.119 e. The summed E-state index contributed by atoms with van der Waals surface area (Å²) in [5, 5.41) is 2.46. The Morgan fingerprint density at radius 1 is 1.12 bits per heavy atom. The van der Waals surface area contributed by atoms with E-state index in [2.05, 4.69) is 37.0 Å². The van der Waals surface area contributed by atoms with Crippen molar-refractivity contribution in [3.8, 4) is 5.75 Å². The summed E-state index contributed by atoms with van der Waals surface area (Å²) in [6, 6.07) is 8.32. The van der Waals surface area contributed by atoms with Gasteiger partial charge < -0.3 is 4.74 Å². The second kappa shape index (κ2) is 4.52. The summed E-state index contributed by atoms with van der Waals surface area (Å²) in [6.07, 6.45) is 1.94. The number of nitrogens with zero attached hydrogens (tertiary/aromatic N) is 1. The lowest BCUT2D eigenvalue weighted by molar-refractivity contribution is 0.415. The number of aromatic nitrogens is 1. The molecule has 0 bridgehead atoms. The highest BCUT2D eigenvalue weighted by molar-refractivity contribution is 5.86. The molecule has 1 heterocycles. The Kier molecular flexibility index (Phi) is 3.09. The molecule has 16 heavy (non-hydrogen) atoms. The fourth-order valence-corrected chi connectivity index (χ4v) is 1.95. The molecule has 2 heteroatoms. The molecule has 0 radical (unpaired) electrons. The van der Waals surface area contributed by atoms with E-state index in [0.717, 1.165) is 24.3 Å². The average molecular weight is 215 g/mol. The lowest BCUT2D eigenvalue weighted by Gasteiger charge is -2.08. The van der Waals surface area contributed by atoms with E-state index in [9.17, 15) is 0 Å². The SMILES string of the molecule is CCc1cc2cc(OC)ccc2c(CC)n1. The summed E-state index contributed by atoms with van der Waals surface area (Å²) >= 11 is 0. The molecule has 0 aliphatic heterocycles. The van der Waals surface area contributed by atoms with Crippen molar-refractivity contribution in [3.63, 3.8) is 0 Å². The van der Waals surface area contributed by atoms with Crippen LogP contribution < -0.4 is 4.74 Å². The zero-order chi connectivity index (χ0) is 11.5. The molecule has 0 amide bonds. The van der Waals surface area contributed by atoms with E-state index < -0.39 is 0 Å². The Hall–Kier alpha value is -1.57. The van der Waals surface area contributed by atoms with Crippen LogP contribution in [0.4, 0.5) is 0 Å². The molecular formula is C14H17NO. The first-order valence-electron chi connectivity index (χ1n) is 5.75. The number of hydrogen-bond donors (Lipinski definition) is 0. The fraction of sp³-hybridized carbons (Fsp3) is 0.357. The number of benzene rings is 1. The van der Waals surface area contributed by atoms with Gasteiger partial charge in [-0.1, -0.05) is 13.8 Å². The average Bonchev–Trinajstić information content (AvgIpc) is 2.36. The van der Waals surface area contributed by atoms with Gasteiger partial charge in [0.05, 0.1) is 7.11 Å². The third-order valence-corrected chi connectivity index (χ3v) is 2.87. The Morgan fingerprint density at radius 2 is 1.94 bits per heavy atom. The number of methoxy groups -OCH3 is 1. The van der Waals surface area contributed by atoms with E-state index in [4.69, 9.17) is 4.74 Å². The van der Waals surface area contributed by atoms with Crippen LogP contribution in [0, 0.1) is 0 Å². The second-order valence-electron chi connectivity index (χ2n) is 3.85. The van der Waals surface area contributed by atoms with Crippen LogP contribution in [0.5, 0.6) is 5.75 Å². The molecule has 2 nitrogen and oxygen atoms in total. The molecule has 0 atom stereocenters. The van der Waals surface area contributed by atoms with Gasteiger partial charge in [0.15, 0.2) is 0 Å².